The Balaban J connectivity index is 2.09. The molecule has 1 N–H and O–H groups in total. The molecule has 0 aromatic carbocycles. The number of thiophene rings is 1. The van der Waals surface area contributed by atoms with Gasteiger partial charge in [-0.15, -0.1) is 0 Å². The molecule has 0 spiro atoms. The molecule has 2 aromatic heterocycles. The maximum atomic E-state index is 4.34. The topological polar surface area (TPSA) is 28.2 Å². The highest BCUT2D eigenvalue weighted by Gasteiger charge is 2.04. The lowest BCUT2D eigenvalue weighted by molar-refractivity contribution is 1.05. The number of nitrogens with one attached hydrogen (secondary N) is 1. The van der Waals surface area contributed by atoms with Crippen LogP contribution in [0.2, 0.25) is 0 Å². The Morgan fingerprint density at radius 1 is 1.38 bits per heavy atom. The first kappa shape index (κ1) is 11.0. The van der Waals surface area contributed by atoms with Crippen LogP contribution >= 0.6 is 11.3 Å². The van der Waals surface area contributed by atoms with Crippen LogP contribution in [0.3, 0.4) is 0 Å². The fourth-order valence-corrected chi connectivity index (χ4v) is 2.15. The number of hydrogen-bond acceptors (Lipinski definition) is 4. The van der Waals surface area contributed by atoms with Gasteiger partial charge in [0.1, 0.15) is 0 Å². The Labute approximate surface area is 99.8 Å². The van der Waals surface area contributed by atoms with Crippen molar-refractivity contribution in [3.05, 3.63) is 40.7 Å². The molecule has 16 heavy (non-hydrogen) atoms. The highest BCUT2D eigenvalue weighted by Crippen LogP contribution is 2.21. The number of rotatable bonds is 4. The zero-order valence-electron chi connectivity index (χ0n) is 9.47. The molecule has 84 valence electrons. The van der Waals surface area contributed by atoms with Crippen LogP contribution in [0.4, 0.5) is 11.5 Å². The summed E-state index contributed by atoms with van der Waals surface area (Å²) in [5.74, 6) is 0.970. The zero-order chi connectivity index (χ0) is 11.4. The van der Waals surface area contributed by atoms with E-state index in [0.717, 1.165) is 18.1 Å². The third kappa shape index (κ3) is 2.52. The molecule has 2 rings (SSSR count). The molecule has 0 unspecified atom stereocenters. The Bertz CT molecular complexity index is 437. The van der Waals surface area contributed by atoms with Gasteiger partial charge in [0, 0.05) is 26.8 Å². The molecule has 0 radical (unpaired) electrons. The second-order valence-electron chi connectivity index (χ2n) is 3.75. The molecule has 0 amide bonds. The van der Waals surface area contributed by atoms with E-state index in [-0.39, 0.29) is 0 Å². The van der Waals surface area contributed by atoms with E-state index in [9.17, 15) is 0 Å². The summed E-state index contributed by atoms with van der Waals surface area (Å²) < 4.78 is 0. The summed E-state index contributed by atoms with van der Waals surface area (Å²) in [6.45, 7) is 0.843. The monoisotopic (exact) mass is 233 g/mol. The molecule has 0 aliphatic heterocycles. The second-order valence-corrected chi connectivity index (χ2v) is 4.53. The number of aromatic nitrogens is 1. The lowest BCUT2D eigenvalue weighted by Crippen LogP contribution is -2.13. The highest BCUT2D eigenvalue weighted by atomic mass is 32.1. The van der Waals surface area contributed by atoms with E-state index in [1.165, 1.54) is 5.56 Å². The predicted molar refractivity (Wildman–Crippen MR) is 70.2 cm³/mol. The average Bonchev–Trinajstić information content (AvgIpc) is 2.79. The standard InChI is InChI=1S/C12H15N3S/c1-15(2)12-11(4-3-6-13-12)14-8-10-5-7-16-9-10/h3-7,9,14H,8H2,1-2H3. The summed E-state index contributed by atoms with van der Waals surface area (Å²) in [5.41, 5.74) is 2.37. The third-order valence-electron chi connectivity index (χ3n) is 2.27. The van der Waals surface area contributed by atoms with Crippen LogP contribution in [0, 0.1) is 0 Å². The van der Waals surface area contributed by atoms with Gasteiger partial charge in [0.15, 0.2) is 5.82 Å². The van der Waals surface area contributed by atoms with Crippen molar-refractivity contribution in [3.63, 3.8) is 0 Å². The van der Waals surface area contributed by atoms with E-state index in [2.05, 4.69) is 33.2 Å². The first-order chi connectivity index (χ1) is 7.77. The van der Waals surface area contributed by atoms with Crippen molar-refractivity contribution >= 4 is 22.8 Å². The van der Waals surface area contributed by atoms with Crippen molar-refractivity contribution < 1.29 is 0 Å². The molecule has 0 saturated heterocycles. The van der Waals surface area contributed by atoms with E-state index < -0.39 is 0 Å². The smallest absolute Gasteiger partial charge is 0.151 e. The second kappa shape index (κ2) is 4.99. The maximum Gasteiger partial charge on any atom is 0.151 e. The van der Waals surface area contributed by atoms with Crippen LogP contribution in [0.15, 0.2) is 35.2 Å². The van der Waals surface area contributed by atoms with Gasteiger partial charge in [-0.2, -0.15) is 11.3 Å². The van der Waals surface area contributed by atoms with Gasteiger partial charge in [-0.3, -0.25) is 0 Å². The Morgan fingerprint density at radius 3 is 2.94 bits per heavy atom. The third-order valence-corrected chi connectivity index (χ3v) is 3.01. The average molecular weight is 233 g/mol. The minimum absolute atomic E-state index is 0.843. The summed E-state index contributed by atoms with van der Waals surface area (Å²) >= 11 is 1.72. The fraction of sp³-hybridized carbons (Fsp3) is 0.250. The fourth-order valence-electron chi connectivity index (χ4n) is 1.48. The Hall–Kier alpha value is -1.55. The van der Waals surface area contributed by atoms with Crippen LogP contribution < -0.4 is 10.2 Å². The molecule has 0 saturated carbocycles. The van der Waals surface area contributed by atoms with Gasteiger partial charge in [0.25, 0.3) is 0 Å². The molecule has 0 fully saturated rings. The summed E-state index contributed by atoms with van der Waals surface area (Å²) in [6.07, 6.45) is 1.81. The molecular weight excluding hydrogens is 218 g/mol. The lowest BCUT2D eigenvalue weighted by atomic mass is 10.3. The van der Waals surface area contributed by atoms with Gasteiger partial charge in [-0.1, -0.05) is 0 Å². The van der Waals surface area contributed by atoms with Gasteiger partial charge < -0.3 is 10.2 Å². The quantitative estimate of drug-likeness (QED) is 0.880. The van der Waals surface area contributed by atoms with Gasteiger partial charge in [0.05, 0.1) is 5.69 Å². The Morgan fingerprint density at radius 2 is 2.25 bits per heavy atom. The molecule has 0 aliphatic rings. The van der Waals surface area contributed by atoms with Crippen molar-refractivity contribution in [1.82, 2.24) is 4.98 Å². The SMILES string of the molecule is CN(C)c1ncccc1NCc1ccsc1. The lowest BCUT2D eigenvalue weighted by Gasteiger charge is -2.16. The molecule has 2 heterocycles. The van der Waals surface area contributed by atoms with Crippen molar-refractivity contribution in [2.75, 3.05) is 24.3 Å². The van der Waals surface area contributed by atoms with Crippen LogP contribution in [-0.2, 0) is 6.54 Å². The first-order valence-corrected chi connectivity index (χ1v) is 6.09. The molecule has 0 atom stereocenters. The van der Waals surface area contributed by atoms with Crippen molar-refractivity contribution in [2.24, 2.45) is 0 Å². The van der Waals surface area contributed by atoms with Crippen LogP contribution in [0.25, 0.3) is 0 Å². The van der Waals surface area contributed by atoms with Gasteiger partial charge in [0.2, 0.25) is 0 Å². The summed E-state index contributed by atoms with van der Waals surface area (Å²) in [6, 6.07) is 6.13. The van der Waals surface area contributed by atoms with Gasteiger partial charge >= 0.3 is 0 Å². The molecule has 4 heteroatoms. The van der Waals surface area contributed by atoms with Gasteiger partial charge in [-0.25, -0.2) is 4.98 Å². The number of nitrogens with zero attached hydrogens (tertiary/aromatic N) is 2. The van der Waals surface area contributed by atoms with Crippen LogP contribution in [0.5, 0.6) is 0 Å². The molecule has 3 nitrogen and oxygen atoms in total. The largest absolute Gasteiger partial charge is 0.378 e. The predicted octanol–water partition coefficient (Wildman–Crippen LogP) is 2.82. The minimum Gasteiger partial charge on any atom is -0.378 e. The summed E-state index contributed by atoms with van der Waals surface area (Å²) in [4.78, 5) is 6.35. The molecule has 0 aliphatic carbocycles. The maximum absolute atomic E-state index is 4.34. The van der Waals surface area contributed by atoms with Crippen LogP contribution in [-0.4, -0.2) is 19.1 Å². The van der Waals surface area contributed by atoms with E-state index in [1.807, 2.05) is 31.3 Å². The molecule has 2 aromatic rings. The van der Waals surface area contributed by atoms with Crippen LogP contribution in [0.1, 0.15) is 5.56 Å². The van der Waals surface area contributed by atoms with E-state index in [1.54, 1.807) is 11.3 Å². The zero-order valence-corrected chi connectivity index (χ0v) is 10.3. The van der Waals surface area contributed by atoms with E-state index in [4.69, 9.17) is 0 Å². The van der Waals surface area contributed by atoms with Crippen molar-refractivity contribution in [2.45, 2.75) is 6.54 Å². The van der Waals surface area contributed by atoms with Gasteiger partial charge in [-0.05, 0) is 34.5 Å². The molecule has 0 bridgehead atoms. The number of hydrogen-bond donors (Lipinski definition) is 1. The highest BCUT2D eigenvalue weighted by molar-refractivity contribution is 7.07. The Kier molecular flexibility index (Phi) is 3.41. The molecular formula is C12H15N3S. The first-order valence-electron chi connectivity index (χ1n) is 5.14. The number of pyridine rings is 1. The minimum atomic E-state index is 0.843. The van der Waals surface area contributed by atoms with E-state index in [0.29, 0.717) is 0 Å². The summed E-state index contributed by atoms with van der Waals surface area (Å²) in [7, 11) is 4.00. The summed E-state index contributed by atoms with van der Waals surface area (Å²) in [5, 5.41) is 7.64. The van der Waals surface area contributed by atoms with Crippen molar-refractivity contribution in [1.29, 1.82) is 0 Å². The van der Waals surface area contributed by atoms with E-state index >= 15 is 0 Å². The number of anilines is 2. The normalized spacial score (nSPS) is 10.1. The van der Waals surface area contributed by atoms with Crippen molar-refractivity contribution in [3.8, 4) is 0 Å².